The Morgan fingerprint density at radius 1 is 1.00 bits per heavy atom. The van der Waals surface area contributed by atoms with Crippen LogP contribution in [0.4, 0.5) is 5.69 Å². The van der Waals surface area contributed by atoms with Gasteiger partial charge in [0.2, 0.25) is 21.8 Å². The molecule has 31 heavy (non-hydrogen) atoms. The van der Waals surface area contributed by atoms with Crippen molar-refractivity contribution >= 4 is 43.5 Å². The molecule has 0 aliphatic rings. The highest BCUT2D eigenvalue weighted by molar-refractivity contribution is 9.10. The molecule has 0 unspecified atom stereocenters. The van der Waals surface area contributed by atoms with Crippen LogP contribution in [0.15, 0.2) is 59.1 Å². The third-order valence-electron chi connectivity index (χ3n) is 4.59. The van der Waals surface area contributed by atoms with Crippen LogP contribution in [0.5, 0.6) is 0 Å². The summed E-state index contributed by atoms with van der Waals surface area (Å²) < 4.78 is 26.6. The number of hydrogen-bond acceptors (Lipinski definition) is 4. The Kier molecular flexibility index (Phi) is 8.64. The van der Waals surface area contributed by atoms with Gasteiger partial charge in [0.25, 0.3) is 0 Å². The van der Waals surface area contributed by atoms with Crippen LogP contribution in [0.3, 0.4) is 0 Å². The van der Waals surface area contributed by atoms with Crippen molar-refractivity contribution in [2.75, 3.05) is 17.1 Å². The summed E-state index contributed by atoms with van der Waals surface area (Å²) in [4.78, 5) is 27.4. The highest BCUT2D eigenvalue weighted by Gasteiger charge is 2.30. The summed E-state index contributed by atoms with van der Waals surface area (Å²) in [7, 11) is -3.75. The maximum absolute atomic E-state index is 13.3. The van der Waals surface area contributed by atoms with Gasteiger partial charge in [-0.05, 0) is 54.4 Å². The Bertz CT molecular complexity index is 1010. The van der Waals surface area contributed by atoms with Crippen molar-refractivity contribution in [3.63, 3.8) is 0 Å². The minimum absolute atomic E-state index is 0.0866. The van der Waals surface area contributed by atoms with Crippen LogP contribution >= 0.6 is 15.9 Å². The first kappa shape index (κ1) is 24.9. The molecule has 1 atom stereocenters. The van der Waals surface area contributed by atoms with Crippen molar-refractivity contribution in [1.29, 1.82) is 0 Å². The van der Waals surface area contributed by atoms with Crippen LogP contribution in [-0.2, 0) is 26.2 Å². The molecule has 0 radical (unpaired) electrons. The number of anilines is 1. The number of carbonyl (C=O) groups is 2. The number of nitrogens with zero attached hydrogens (tertiary/aromatic N) is 2. The highest BCUT2D eigenvalue weighted by Crippen LogP contribution is 2.28. The first-order valence-corrected chi connectivity index (χ1v) is 12.5. The quantitative estimate of drug-likeness (QED) is 0.562. The molecular weight excluding hydrogens is 482 g/mol. The maximum Gasteiger partial charge on any atom is 0.244 e. The average molecular weight is 510 g/mol. The summed E-state index contributed by atoms with van der Waals surface area (Å²) in [6.07, 6.45) is 1.05. The molecule has 1 N–H and O–H groups in total. The first-order valence-electron chi connectivity index (χ1n) is 9.86. The standard InChI is InChI=1S/C22H28BrN3O4S/c1-16(2)24-22(28)17(3)25(14-18-10-6-5-7-11-18)21(27)15-26(31(4,29)30)20-13-9-8-12-19(20)23/h5-13,16-17H,14-15H2,1-4H3,(H,24,28)/t17-/m0/s1. The largest absolute Gasteiger partial charge is 0.352 e. The number of amides is 2. The Hall–Kier alpha value is -2.39. The third kappa shape index (κ3) is 7.07. The predicted octanol–water partition coefficient (Wildman–Crippen LogP) is 3.16. The summed E-state index contributed by atoms with van der Waals surface area (Å²) >= 11 is 3.35. The zero-order valence-electron chi connectivity index (χ0n) is 18.1. The fourth-order valence-electron chi connectivity index (χ4n) is 3.02. The van der Waals surface area contributed by atoms with Crippen molar-refractivity contribution in [2.45, 2.75) is 39.4 Å². The second-order valence-corrected chi connectivity index (χ2v) is 10.3. The van der Waals surface area contributed by atoms with Gasteiger partial charge in [-0.3, -0.25) is 13.9 Å². The van der Waals surface area contributed by atoms with Gasteiger partial charge in [-0.2, -0.15) is 0 Å². The lowest BCUT2D eigenvalue weighted by atomic mass is 10.1. The molecule has 2 rings (SSSR count). The molecule has 0 bridgehead atoms. The molecule has 0 aliphatic carbocycles. The summed E-state index contributed by atoms with van der Waals surface area (Å²) in [5.74, 6) is -0.775. The van der Waals surface area contributed by atoms with Gasteiger partial charge in [-0.15, -0.1) is 0 Å². The van der Waals surface area contributed by atoms with Crippen molar-refractivity contribution in [3.05, 3.63) is 64.6 Å². The summed E-state index contributed by atoms with van der Waals surface area (Å²) in [6.45, 7) is 5.08. The number of benzene rings is 2. The molecule has 0 saturated carbocycles. The molecule has 2 aromatic rings. The average Bonchev–Trinajstić information content (AvgIpc) is 2.69. The minimum Gasteiger partial charge on any atom is -0.352 e. The van der Waals surface area contributed by atoms with E-state index >= 15 is 0 Å². The Labute approximate surface area is 192 Å². The molecular formula is C22H28BrN3O4S. The number of nitrogens with one attached hydrogen (secondary N) is 1. The maximum atomic E-state index is 13.3. The van der Waals surface area contributed by atoms with E-state index in [1.165, 1.54) is 4.90 Å². The van der Waals surface area contributed by atoms with Crippen molar-refractivity contribution in [3.8, 4) is 0 Å². The van der Waals surface area contributed by atoms with Crippen LogP contribution in [0.25, 0.3) is 0 Å². The molecule has 2 amide bonds. The lowest BCUT2D eigenvalue weighted by molar-refractivity contribution is -0.139. The number of sulfonamides is 1. The normalized spacial score (nSPS) is 12.3. The predicted molar refractivity (Wildman–Crippen MR) is 126 cm³/mol. The summed E-state index contributed by atoms with van der Waals surface area (Å²) in [5, 5.41) is 2.82. The van der Waals surface area contributed by atoms with E-state index in [-0.39, 0.29) is 18.5 Å². The molecule has 0 fully saturated rings. The summed E-state index contributed by atoms with van der Waals surface area (Å²) in [6, 6.07) is 15.2. The fraction of sp³-hybridized carbons (Fsp3) is 0.364. The molecule has 0 heterocycles. The molecule has 9 heteroatoms. The van der Waals surface area contributed by atoms with E-state index < -0.39 is 28.5 Å². The van der Waals surface area contributed by atoms with Gasteiger partial charge >= 0.3 is 0 Å². The van der Waals surface area contributed by atoms with Gasteiger partial charge in [-0.1, -0.05) is 42.5 Å². The van der Waals surface area contributed by atoms with Gasteiger partial charge in [0.15, 0.2) is 0 Å². The van der Waals surface area contributed by atoms with Crippen LogP contribution < -0.4 is 9.62 Å². The van der Waals surface area contributed by atoms with Gasteiger partial charge in [0.1, 0.15) is 12.6 Å². The van der Waals surface area contributed by atoms with Gasteiger partial charge < -0.3 is 10.2 Å². The molecule has 2 aromatic carbocycles. The van der Waals surface area contributed by atoms with Gasteiger partial charge in [0.05, 0.1) is 11.9 Å². The highest BCUT2D eigenvalue weighted by atomic mass is 79.9. The lowest BCUT2D eigenvalue weighted by Gasteiger charge is -2.32. The second-order valence-electron chi connectivity index (χ2n) is 7.57. The van der Waals surface area contributed by atoms with E-state index in [1.54, 1.807) is 31.2 Å². The van der Waals surface area contributed by atoms with Crippen LogP contribution in [0.1, 0.15) is 26.3 Å². The fourth-order valence-corrected chi connectivity index (χ4v) is 4.49. The minimum atomic E-state index is -3.75. The Morgan fingerprint density at radius 2 is 1.58 bits per heavy atom. The Morgan fingerprint density at radius 3 is 2.13 bits per heavy atom. The van der Waals surface area contributed by atoms with Crippen molar-refractivity contribution in [2.24, 2.45) is 0 Å². The topological polar surface area (TPSA) is 86.8 Å². The molecule has 0 aromatic heterocycles. The van der Waals surface area contributed by atoms with Gasteiger partial charge in [0, 0.05) is 17.1 Å². The number of halogens is 1. The van der Waals surface area contributed by atoms with Gasteiger partial charge in [-0.25, -0.2) is 8.42 Å². The molecule has 0 saturated heterocycles. The van der Waals surface area contributed by atoms with Crippen LogP contribution in [-0.4, -0.2) is 50.0 Å². The first-order chi connectivity index (χ1) is 14.5. The Balaban J connectivity index is 2.38. The summed E-state index contributed by atoms with van der Waals surface area (Å²) in [5.41, 5.74) is 1.20. The van der Waals surface area contributed by atoms with Crippen LogP contribution in [0, 0.1) is 0 Å². The number of hydrogen-bond donors (Lipinski definition) is 1. The second kappa shape index (κ2) is 10.8. The van der Waals surface area contributed by atoms with E-state index in [4.69, 9.17) is 0 Å². The number of para-hydroxylation sites is 1. The van der Waals surface area contributed by atoms with Crippen molar-refractivity contribution in [1.82, 2.24) is 10.2 Å². The van der Waals surface area contributed by atoms with E-state index in [2.05, 4.69) is 21.2 Å². The van der Waals surface area contributed by atoms with Crippen LogP contribution in [0.2, 0.25) is 0 Å². The monoisotopic (exact) mass is 509 g/mol. The number of rotatable bonds is 9. The lowest BCUT2D eigenvalue weighted by Crippen LogP contribution is -2.52. The smallest absolute Gasteiger partial charge is 0.244 e. The van der Waals surface area contributed by atoms with E-state index in [0.717, 1.165) is 16.1 Å². The van der Waals surface area contributed by atoms with E-state index in [0.29, 0.717) is 10.2 Å². The third-order valence-corrected chi connectivity index (χ3v) is 6.39. The SMILES string of the molecule is CC(C)NC(=O)[C@H](C)N(Cc1ccccc1)C(=O)CN(c1ccccc1Br)S(C)(=O)=O. The molecule has 0 aliphatic heterocycles. The molecule has 0 spiro atoms. The number of carbonyl (C=O) groups excluding carboxylic acids is 2. The molecule has 168 valence electrons. The molecule has 7 nitrogen and oxygen atoms in total. The van der Waals surface area contributed by atoms with Crippen molar-refractivity contribution < 1.29 is 18.0 Å². The zero-order valence-corrected chi connectivity index (χ0v) is 20.5. The zero-order chi connectivity index (χ0) is 23.2. The van der Waals surface area contributed by atoms with E-state index in [9.17, 15) is 18.0 Å². The van der Waals surface area contributed by atoms with E-state index in [1.807, 2.05) is 44.2 Å².